The highest BCUT2D eigenvalue weighted by Gasteiger charge is 2.47. The molecule has 108 valence electrons. The van der Waals surface area contributed by atoms with Crippen molar-refractivity contribution < 1.29 is 5.11 Å². The highest BCUT2D eigenvalue weighted by atomic mass is 16.3. The zero-order chi connectivity index (χ0) is 14.7. The van der Waals surface area contributed by atoms with Crippen LogP contribution in [0, 0.1) is 12.3 Å². The van der Waals surface area contributed by atoms with Gasteiger partial charge in [-0.15, -0.1) is 0 Å². The van der Waals surface area contributed by atoms with Crippen molar-refractivity contribution in [1.82, 2.24) is 4.90 Å². The van der Waals surface area contributed by atoms with Crippen molar-refractivity contribution in [3.05, 3.63) is 35.4 Å². The second-order valence-electron chi connectivity index (χ2n) is 6.10. The average Bonchev–Trinajstić information content (AvgIpc) is 2.37. The largest absolute Gasteiger partial charge is 0.385 e. The number of rotatable bonds is 1. The van der Waals surface area contributed by atoms with Gasteiger partial charge in [0.15, 0.2) is 0 Å². The Labute approximate surface area is 118 Å². The Morgan fingerprint density at radius 3 is 2.11 bits per heavy atom. The molecule has 1 saturated heterocycles. The van der Waals surface area contributed by atoms with Crippen molar-refractivity contribution in [2.24, 2.45) is 5.41 Å². The second-order valence-corrected chi connectivity index (χ2v) is 6.10. The normalized spacial score (nSPS) is 26.5. The zero-order valence-corrected chi connectivity index (χ0v) is 13.3. The summed E-state index contributed by atoms with van der Waals surface area (Å²) in [5.41, 5.74) is 1.48. The van der Waals surface area contributed by atoms with Gasteiger partial charge in [0, 0.05) is 18.5 Å². The van der Waals surface area contributed by atoms with Crippen LogP contribution < -0.4 is 0 Å². The Morgan fingerprint density at radius 1 is 1.11 bits per heavy atom. The number of nitrogens with zero attached hydrogens (tertiary/aromatic N) is 1. The molecule has 1 aromatic carbocycles. The minimum atomic E-state index is -0.701. The fraction of sp³-hybridized carbons (Fsp3) is 0.647. The molecule has 19 heavy (non-hydrogen) atoms. The fourth-order valence-electron chi connectivity index (χ4n) is 2.94. The maximum absolute atomic E-state index is 11.1. The van der Waals surface area contributed by atoms with Crippen LogP contribution in [0.1, 0.15) is 45.2 Å². The molecule has 2 nitrogen and oxygen atoms in total. The molecule has 1 aliphatic rings. The maximum Gasteiger partial charge on any atom is 0.0971 e. The van der Waals surface area contributed by atoms with Gasteiger partial charge in [-0.2, -0.15) is 0 Å². The number of benzene rings is 1. The highest BCUT2D eigenvalue weighted by Crippen LogP contribution is 2.45. The van der Waals surface area contributed by atoms with Gasteiger partial charge in [0.25, 0.3) is 0 Å². The van der Waals surface area contributed by atoms with Crippen molar-refractivity contribution >= 4 is 0 Å². The lowest BCUT2D eigenvalue weighted by Crippen LogP contribution is -2.54. The summed E-state index contributed by atoms with van der Waals surface area (Å²) in [6, 6.07) is 8.31. The molecular weight excluding hydrogens is 234 g/mol. The Bertz CT molecular complexity index is 396. The number of hydrogen-bond acceptors (Lipinski definition) is 2. The third kappa shape index (κ3) is 3.18. The topological polar surface area (TPSA) is 23.5 Å². The minimum Gasteiger partial charge on any atom is -0.385 e. The number of aliphatic hydroxyl groups is 1. The first-order valence-electron chi connectivity index (χ1n) is 7.33. The van der Waals surface area contributed by atoms with E-state index in [1.165, 1.54) is 5.56 Å². The lowest BCUT2D eigenvalue weighted by molar-refractivity contribution is -0.121. The van der Waals surface area contributed by atoms with E-state index in [-0.39, 0.29) is 5.41 Å². The summed E-state index contributed by atoms with van der Waals surface area (Å²) in [6.07, 6.45) is 0.805. The van der Waals surface area contributed by atoms with Gasteiger partial charge >= 0.3 is 0 Å². The molecule has 0 saturated carbocycles. The van der Waals surface area contributed by atoms with Gasteiger partial charge in [0.1, 0.15) is 0 Å². The van der Waals surface area contributed by atoms with Crippen LogP contribution in [-0.2, 0) is 5.60 Å². The van der Waals surface area contributed by atoms with E-state index in [4.69, 9.17) is 0 Å². The number of aryl methyl sites for hydroxylation is 1. The van der Waals surface area contributed by atoms with E-state index in [1.54, 1.807) is 0 Å². The Kier molecular flexibility index (Phi) is 5.17. The molecule has 1 atom stereocenters. The van der Waals surface area contributed by atoms with E-state index in [2.05, 4.69) is 57.0 Å². The summed E-state index contributed by atoms with van der Waals surface area (Å²) in [7, 11) is 2.12. The van der Waals surface area contributed by atoms with E-state index < -0.39 is 5.60 Å². The van der Waals surface area contributed by atoms with Gasteiger partial charge in [0.05, 0.1) is 5.60 Å². The maximum atomic E-state index is 11.1. The van der Waals surface area contributed by atoms with Gasteiger partial charge in [-0.25, -0.2) is 0 Å². The molecule has 2 rings (SSSR count). The number of hydrogen-bond donors (Lipinski definition) is 1. The lowest BCUT2D eigenvalue weighted by Gasteiger charge is -2.49. The molecule has 1 aliphatic heterocycles. The van der Waals surface area contributed by atoms with Crippen LogP contribution in [-0.4, -0.2) is 30.1 Å². The minimum absolute atomic E-state index is 0.116. The fourth-order valence-corrected chi connectivity index (χ4v) is 2.94. The SMILES string of the molecule is CC.Cc1ccc(C2(O)CCN(C)CC2(C)C)cc1. The van der Waals surface area contributed by atoms with Gasteiger partial charge in [-0.05, 0) is 26.0 Å². The van der Waals surface area contributed by atoms with E-state index >= 15 is 0 Å². The van der Waals surface area contributed by atoms with Gasteiger partial charge in [0.2, 0.25) is 0 Å². The molecule has 1 aromatic rings. The Balaban J connectivity index is 0.000000861. The standard InChI is InChI=1S/C15H23NO.C2H6/c1-12-5-7-13(8-6-12)15(17)9-10-16(4)11-14(15,2)3;1-2/h5-8,17H,9-11H2,1-4H3;1-2H3. The molecule has 0 aromatic heterocycles. The molecule has 0 bridgehead atoms. The van der Waals surface area contributed by atoms with Gasteiger partial charge in [-0.3, -0.25) is 0 Å². The summed E-state index contributed by atoms with van der Waals surface area (Å²) >= 11 is 0. The lowest BCUT2D eigenvalue weighted by atomic mass is 9.66. The van der Waals surface area contributed by atoms with Gasteiger partial charge < -0.3 is 10.0 Å². The van der Waals surface area contributed by atoms with Crippen molar-refractivity contribution in [2.45, 2.75) is 46.6 Å². The van der Waals surface area contributed by atoms with Crippen LogP contribution >= 0.6 is 0 Å². The monoisotopic (exact) mass is 263 g/mol. The zero-order valence-electron chi connectivity index (χ0n) is 13.3. The summed E-state index contributed by atoms with van der Waals surface area (Å²) in [5, 5.41) is 11.1. The van der Waals surface area contributed by atoms with Crippen LogP contribution in [0.25, 0.3) is 0 Å². The van der Waals surface area contributed by atoms with Crippen LogP contribution in [0.4, 0.5) is 0 Å². The molecule has 0 spiro atoms. The number of piperidine rings is 1. The van der Waals surface area contributed by atoms with Crippen LogP contribution in [0.2, 0.25) is 0 Å². The third-order valence-corrected chi connectivity index (χ3v) is 4.17. The highest BCUT2D eigenvalue weighted by molar-refractivity contribution is 5.29. The second kappa shape index (κ2) is 6.06. The van der Waals surface area contributed by atoms with Gasteiger partial charge in [-0.1, -0.05) is 57.5 Å². The van der Waals surface area contributed by atoms with Crippen LogP contribution in [0.15, 0.2) is 24.3 Å². The van der Waals surface area contributed by atoms with Crippen molar-refractivity contribution in [1.29, 1.82) is 0 Å². The Hall–Kier alpha value is -0.860. The average molecular weight is 263 g/mol. The molecular formula is C17H29NO. The molecule has 2 heteroatoms. The van der Waals surface area contributed by atoms with E-state index in [0.29, 0.717) is 0 Å². The molecule has 1 heterocycles. The molecule has 1 N–H and O–H groups in total. The molecule has 1 unspecified atom stereocenters. The third-order valence-electron chi connectivity index (χ3n) is 4.17. The quantitative estimate of drug-likeness (QED) is 0.837. The predicted octanol–water partition coefficient (Wildman–Crippen LogP) is 3.57. The van der Waals surface area contributed by atoms with Crippen molar-refractivity contribution in [3.63, 3.8) is 0 Å². The summed E-state index contributed by atoms with van der Waals surface area (Å²) in [5.74, 6) is 0. The Morgan fingerprint density at radius 2 is 1.63 bits per heavy atom. The molecule has 0 aliphatic carbocycles. The first-order valence-corrected chi connectivity index (χ1v) is 7.33. The molecule has 0 radical (unpaired) electrons. The summed E-state index contributed by atoms with van der Waals surface area (Å²) in [6.45, 7) is 12.3. The van der Waals surface area contributed by atoms with Crippen LogP contribution in [0.5, 0.6) is 0 Å². The predicted molar refractivity (Wildman–Crippen MR) is 82.3 cm³/mol. The van der Waals surface area contributed by atoms with Crippen molar-refractivity contribution in [2.75, 3.05) is 20.1 Å². The molecule has 1 fully saturated rings. The summed E-state index contributed by atoms with van der Waals surface area (Å²) < 4.78 is 0. The molecule has 0 amide bonds. The smallest absolute Gasteiger partial charge is 0.0971 e. The van der Waals surface area contributed by atoms with Crippen molar-refractivity contribution in [3.8, 4) is 0 Å². The van der Waals surface area contributed by atoms with Crippen LogP contribution in [0.3, 0.4) is 0 Å². The van der Waals surface area contributed by atoms with E-state index in [1.807, 2.05) is 13.8 Å². The summed E-state index contributed by atoms with van der Waals surface area (Å²) in [4.78, 5) is 2.29. The van der Waals surface area contributed by atoms with E-state index in [0.717, 1.165) is 25.1 Å². The first-order chi connectivity index (χ1) is 8.85. The van der Waals surface area contributed by atoms with E-state index in [9.17, 15) is 5.11 Å². The number of likely N-dealkylation sites (tertiary alicyclic amines) is 1. The first kappa shape index (κ1) is 16.2.